The van der Waals surface area contributed by atoms with Gasteiger partial charge >= 0.3 is 0 Å². The van der Waals surface area contributed by atoms with Crippen LogP contribution in [0.3, 0.4) is 0 Å². The quantitative estimate of drug-likeness (QED) is 0.780. The topological polar surface area (TPSA) is 53.1 Å². The second-order valence-corrected chi connectivity index (χ2v) is 8.88. The second-order valence-electron chi connectivity index (χ2n) is 8.88. The fourth-order valence-electron chi connectivity index (χ4n) is 5.01. The predicted octanol–water partition coefficient (Wildman–Crippen LogP) is 1.86. The number of fused-ring (bicyclic) bond motifs is 1. The Kier molecular flexibility index (Phi) is 5.43. The molecule has 152 valence electrons. The molecule has 3 saturated heterocycles. The Labute approximate surface area is 167 Å². The second kappa shape index (κ2) is 7.84. The zero-order valence-electron chi connectivity index (χ0n) is 17.0. The van der Waals surface area contributed by atoms with Crippen LogP contribution in [0.1, 0.15) is 37.0 Å². The summed E-state index contributed by atoms with van der Waals surface area (Å²) in [4.78, 5) is 32.5. The first-order valence-corrected chi connectivity index (χ1v) is 10.4. The lowest BCUT2D eigenvalue weighted by Crippen LogP contribution is -2.71. The lowest BCUT2D eigenvalue weighted by Gasteiger charge is -2.55. The zero-order chi connectivity index (χ0) is 19.7. The summed E-state index contributed by atoms with van der Waals surface area (Å²) in [6, 6.07) is 9.69. The van der Waals surface area contributed by atoms with E-state index < -0.39 is 0 Å². The largest absolute Gasteiger partial charge is 0.381 e. The predicted molar refractivity (Wildman–Crippen MR) is 107 cm³/mol. The van der Waals surface area contributed by atoms with Crippen LogP contribution in [0.5, 0.6) is 0 Å². The van der Waals surface area contributed by atoms with Gasteiger partial charge in [-0.2, -0.15) is 0 Å². The summed E-state index contributed by atoms with van der Waals surface area (Å²) in [6.07, 6.45) is 1.65. The van der Waals surface area contributed by atoms with Gasteiger partial charge in [0.15, 0.2) is 0 Å². The normalized spacial score (nSPS) is 26.0. The van der Waals surface area contributed by atoms with Crippen LogP contribution in [0, 0.1) is 5.92 Å². The Morgan fingerprint density at radius 1 is 1.00 bits per heavy atom. The molecule has 4 rings (SSSR count). The molecule has 1 aromatic rings. The molecule has 2 amide bonds. The Balaban J connectivity index is 1.47. The maximum absolute atomic E-state index is 13.0. The van der Waals surface area contributed by atoms with E-state index in [4.69, 9.17) is 4.74 Å². The molecule has 0 unspecified atom stereocenters. The highest BCUT2D eigenvalue weighted by Crippen LogP contribution is 2.30. The fourth-order valence-corrected chi connectivity index (χ4v) is 5.01. The molecule has 0 aromatic heterocycles. The van der Waals surface area contributed by atoms with E-state index in [1.165, 1.54) is 0 Å². The van der Waals surface area contributed by atoms with E-state index in [2.05, 4.69) is 18.7 Å². The molecule has 0 spiro atoms. The van der Waals surface area contributed by atoms with Crippen molar-refractivity contribution in [2.45, 2.75) is 38.3 Å². The molecule has 6 nitrogen and oxygen atoms in total. The maximum Gasteiger partial charge on any atom is 0.253 e. The molecule has 3 heterocycles. The highest BCUT2D eigenvalue weighted by Gasteiger charge is 2.45. The number of carbonyl (C=O) groups is 2. The molecule has 3 aliphatic rings. The van der Waals surface area contributed by atoms with Crippen molar-refractivity contribution in [3.8, 4) is 0 Å². The average molecular weight is 386 g/mol. The van der Waals surface area contributed by atoms with Crippen LogP contribution in [0.15, 0.2) is 30.3 Å². The first-order chi connectivity index (χ1) is 13.5. The van der Waals surface area contributed by atoms with E-state index in [0.717, 1.165) is 31.5 Å². The van der Waals surface area contributed by atoms with Gasteiger partial charge in [-0.1, -0.05) is 18.2 Å². The molecule has 0 N–H and O–H groups in total. The lowest BCUT2D eigenvalue weighted by molar-refractivity contribution is -0.145. The molecule has 28 heavy (non-hydrogen) atoms. The highest BCUT2D eigenvalue weighted by molar-refractivity contribution is 5.94. The molecule has 1 aromatic carbocycles. The van der Waals surface area contributed by atoms with Crippen molar-refractivity contribution in [1.82, 2.24) is 14.7 Å². The Hall–Kier alpha value is -1.92. The number of carbonyl (C=O) groups excluding carboxylic acids is 2. The zero-order valence-corrected chi connectivity index (χ0v) is 17.0. The first kappa shape index (κ1) is 19.4. The van der Waals surface area contributed by atoms with Crippen molar-refractivity contribution < 1.29 is 14.3 Å². The van der Waals surface area contributed by atoms with Crippen LogP contribution in [0.25, 0.3) is 0 Å². The van der Waals surface area contributed by atoms with Gasteiger partial charge < -0.3 is 14.5 Å². The van der Waals surface area contributed by atoms with Crippen LogP contribution >= 0.6 is 0 Å². The molecule has 0 bridgehead atoms. The fraction of sp³-hybridized carbons (Fsp3) is 0.636. The van der Waals surface area contributed by atoms with E-state index in [-0.39, 0.29) is 29.3 Å². The van der Waals surface area contributed by atoms with E-state index in [1.54, 1.807) is 0 Å². The SMILES string of the molecule is CC1(C)CN(C(=O)c2ccccc2)C[C@@H]2CN(C(=O)C3CCOCC3)CCN21. The molecule has 0 aliphatic carbocycles. The number of ether oxygens (including phenoxy) is 1. The number of benzene rings is 1. The Morgan fingerprint density at radius 3 is 2.39 bits per heavy atom. The average Bonchev–Trinajstić information content (AvgIpc) is 2.73. The lowest BCUT2D eigenvalue weighted by atomic mass is 9.91. The summed E-state index contributed by atoms with van der Waals surface area (Å²) in [5.74, 6) is 0.451. The third-order valence-electron chi connectivity index (χ3n) is 6.46. The van der Waals surface area contributed by atoms with Gasteiger partial charge in [0.1, 0.15) is 0 Å². The number of amides is 2. The molecule has 0 saturated carbocycles. The number of piperazine rings is 2. The summed E-state index contributed by atoms with van der Waals surface area (Å²) >= 11 is 0. The van der Waals surface area contributed by atoms with Crippen LogP contribution in [-0.4, -0.2) is 84.0 Å². The van der Waals surface area contributed by atoms with Gasteiger partial charge in [-0.15, -0.1) is 0 Å². The van der Waals surface area contributed by atoms with Crippen molar-refractivity contribution in [2.75, 3.05) is 45.9 Å². The molecule has 6 heteroatoms. The number of hydrogen-bond donors (Lipinski definition) is 0. The van der Waals surface area contributed by atoms with E-state index in [9.17, 15) is 9.59 Å². The monoisotopic (exact) mass is 385 g/mol. The highest BCUT2D eigenvalue weighted by atomic mass is 16.5. The summed E-state index contributed by atoms with van der Waals surface area (Å²) in [7, 11) is 0. The third kappa shape index (κ3) is 3.80. The van der Waals surface area contributed by atoms with Crippen LogP contribution in [0.2, 0.25) is 0 Å². The summed E-state index contributed by atoms with van der Waals surface area (Å²) < 4.78 is 5.41. The molecular weight excluding hydrogens is 354 g/mol. The summed E-state index contributed by atoms with van der Waals surface area (Å²) in [5.41, 5.74) is 0.638. The van der Waals surface area contributed by atoms with Crippen molar-refractivity contribution in [3.05, 3.63) is 35.9 Å². The Morgan fingerprint density at radius 2 is 1.68 bits per heavy atom. The van der Waals surface area contributed by atoms with Crippen molar-refractivity contribution in [2.24, 2.45) is 5.92 Å². The van der Waals surface area contributed by atoms with Crippen molar-refractivity contribution in [1.29, 1.82) is 0 Å². The van der Waals surface area contributed by atoms with Crippen LogP contribution in [-0.2, 0) is 9.53 Å². The first-order valence-electron chi connectivity index (χ1n) is 10.4. The minimum atomic E-state index is -0.0961. The van der Waals surface area contributed by atoms with Gasteiger partial charge in [0, 0.05) is 69.0 Å². The smallest absolute Gasteiger partial charge is 0.253 e. The molecule has 3 fully saturated rings. The van der Waals surface area contributed by atoms with E-state index >= 15 is 0 Å². The standard InChI is InChI=1S/C22H31N3O3/c1-22(2)16-24(21(27)17-6-4-3-5-7-17)15-19-14-23(10-11-25(19)22)20(26)18-8-12-28-13-9-18/h3-7,18-19H,8-16H2,1-2H3/t19-/m0/s1. The molecule has 0 radical (unpaired) electrons. The Bertz CT molecular complexity index is 715. The molecular formula is C22H31N3O3. The minimum absolute atomic E-state index is 0.0844. The molecule has 3 aliphatic heterocycles. The molecule has 1 atom stereocenters. The van der Waals surface area contributed by atoms with Crippen molar-refractivity contribution >= 4 is 11.8 Å². The van der Waals surface area contributed by atoms with E-state index in [0.29, 0.717) is 32.8 Å². The summed E-state index contributed by atoms with van der Waals surface area (Å²) in [6.45, 7) is 9.54. The number of hydrogen-bond acceptors (Lipinski definition) is 4. The number of nitrogens with zero attached hydrogens (tertiary/aromatic N) is 3. The van der Waals surface area contributed by atoms with Gasteiger partial charge in [0.05, 0.1) is 0 Å². The van der Waals surface area contributed by atoms with Gasteiger partial charge in [0.2, 0.25) is 5.91 Å². The van der Waals surface area contributed by atoms with Gasteiger partial charge in [-0.25, -0.2) is 0 Å². The van der Waals surface area contributed by atoms with Crippen LogP contribution in [0.4, 0.5) is 0 Å². The number of rotatable bonds is 2. The minimum Gasteiger partial charge on any atom is -0.381 e. The van der Waals surface area contributed by atoms with Crippen molar-refractivity contribution in [3.63, 3.8) is 0 Å². The van der Waals surface area contributed by atoms with Crippen LogP contribution < -0.4 is 0 Å². The maximum atomic E-state index is 13.0. The van der Waals surface area contributed by atoms with Gasteiger partial charge in [-0.05, 0) is 38.8 Å². The van der Waals surface area contributed by atoms with Gasteiger partial charge in [-0.3, -0.25) is 14.5 Å². The third-order valence-corrected chi connectivity index (χ3v) is 6.46. The summed E-state index contributed by atoms with van der Waals surface area (Å²) in [5, 5.41) is 0. The van der Waals surface area contributed by atoms with E-state index in [1.807, 2.05) is 40.1 Å². The van der Waals surface area contributed by atoms with Gasteiger partial charge in [0.25, 0.3) is 5.91 Å².